The average Bonchev–Trinajstić information content (AvgIpc) is 2.94. The zero-order valence-corrected chi connectivity index (χ0v) is 15.4. The maximum atomic E-state index is 12.7. The Balaban J connectivity index is 1.83. The zero-order chi connectivity index (χ0) is 19.6. The van der Waals surface area contributed by atoms with Crippen LogP contribution in [-0.2, 0) is 4.79 Å². The summed E-state index contributed by atoms with van der Waals surface area (Å²) < 4.78 is 38.7. The van der Waals surface area contributed by atoms with E-state index in [0.717, 1.165) is 16.0 Å². The molecular weight excluding hydrogens is 399 g/mol. The number of hydrogen-bond acceptors (Lipinski definition) is 5. The van der Waals surface area contributed by atoms with Crippen molar-refractivity contribution < 1.29 is 22.8 Å². The second-order valence-electron chi connectivity index (χ2n) is 5.38. The van der Waals surface area contributed by atoms with Gasteiger partial charge in [-0.05, 0) is 42.1 Å². The van der Waals surface area contributed by atoms with Gasteiger partial charge in [-0.25, -0.2) is 4.98 Å². The number of nitrogens with zero attached hydrogens (tertiary/aromatic N) is 1. The third kappa shape index (κ3) is 4.98. The minimum absolute atomic E-state index is 0.0852. The number of fused-ring (bicyclic) bond motifs is 1. The Morgan fingerprint density at radius 1 is 1.11 bits per heavy atom. The molecule has 2 amide bonds. The summed E-state index contributed by atoms with van der Waals surface area (Å²) in [6.45, 7) is 1.39. The van der Waals surface area contributed by atoms with E-state index in [1.165, 1.54) is 31.2 Å². The number of thioether (sulfide) groups is 1. The standard InChI is InChI=1S/C17H12F3N3O2S2/c1-9(24)21-10-6-7-12-14(8-10)26-16(22-12)23-15(25)11-4-2-3-5-13(11)27-17(18,19)20/h2-8H,1H3,(H,21,24)(H,22,23,25). The molecule has 5 nitrogen and oxygen atoms in total. The summed E-state index contributed by atoms with van der Waals surface area (Å²) in [6.07, 6.45) is 0. The molecule has 2 N–H and O–H groups in total. The Morgan fingerprint density at radius 2 is 1.85 bits per heavy atom. The number of amides is 2. The van der Waals surface area contributed by atoms with Crippen molar-refractivity contribution in [3.63, 3.8) is 0 Å². The molecular formula is C17H12F3N3O2S2. The topological polar surface area (TPSA) is 71.1 Å². The molecule has 0 saturated carbocycles. The summed E-state index contributed by atoms with van der Waals surface area (Å²) >= 11 is 0.818. The first-order valence-electron chi connectivity index (χ1n) is 7.55. The average molecular weight is 411 g/mol. The van der Waals surface area contributed by atoms with Crippen LogP contribution in [0.4, 0.5) is 24.0 Å². The molecule has 0 fully saturated rings. The molecule has 10 heteroatoms. The highest BCUT2D eigenvalue weighted by atomic mass is 32.2. The van der Waals surface area contributed by atoms with Crippen LogP contribution in [0, 0.1) is 0 Å². The molecule has 1 aromatic heterocycles. The van der Waals surface area contributed by atoms with Gasteiger partial charge in [0.25, 0.3) is 5.91 Å². The van der Waals surface area contributed by atoms with Gasteiger partial charge in [0.15, 0.2) is 5.13 Å². The summed E-state index contributed by atoms with van der Waals surface area (Å²) in [5.74, 6) is -0.894. The van der Waals surface area contributed by atoms with Gasteiger partial charge in [0.1, 0.15) is 0 Å². The van der Waals surface area contributed by atoms with E-state index in [4.69, 9.17) is 0 Å². The van der Waals surface area contributed by atoms with Gasteiger partial charge in [-0.15, -0.1) is 0 Å². The highest BCUT2D eigenvalue weighted by Crippen LogP contribution is 2.38. The molecule has 1 heterocycles. The van der Waals surface area contributed by atoms with E-state index >= 15 is 0 Å². The normalized spacial score (nSPS) is 11.4. The summed E-state index contributed by atoms with van der Waals surface area (Å²) in [5.41, 5.74) is -3.39. The molecule has 0 bridgehead atoms. The van der Waals surface area contributed by atoms with Gasteiger partial charge in [-0.2, -0.15) is 13.2 Å². The van der Waals surface area contributed by atoms with Crippen molar-refractivity contribution in [1.29, 1.82) is 0 Å². The zero-order valence-electron chi connectivity index (χ0n) is 13.8. The largest absolute Gasteiger partial charge is 0.446 e. The van der Waals surface area contributed by atoms with E-state index in [2.05, 4.69) is 15.6 Å². The molecule has 0 atom stereocenters. The number of hydrogen-bond donors (Lipinski definition) is 2. The third-order valence-corrected chi connectivity index (χ3v) is 5.03. The molecule has 0 saturated heterocycles. The molecule has 0 spiro atoms. The minimum Gasteiger partial charge on any atom is -0.326 e. The number of nitrogens with one attached hydrogen (secondary N) is 2. The quantitative estimate of drug-likeness (QED) is 0.585. The maximum absolute atomic E-state index is 12.7. The lowest BCUT2D eigenvalue weighted by Crippen LogP contribution is -2.13. The number of thiazole rings is 1. The number of benzene rings is 2. The highest BCUT2D eigenvalue weighted by molar-refractivity contribution is 8.00. The molecule has 3 aromatic rings. The summed E-state index contributed by atoms with van der Waals surface area (Å²) in [4.78, 5) is 27.6. The van der Waals surface area contributed by atoms with Crippen molar-refractivity contribution in [3.8, 4) is 0 Å². The van der Waals surface area contributed by atoms with E-state index in [1.807, 2.05) is 0 Å². The number of rotatable bonds is 4. The fraction of sp³-hybridized carbons (Fsp3) is 0.118. The Labute approximate surface area is 160 Å². The monoisotopic (exact) mass is 411 g/mol. The van der Waals surface area contributed by atoms with Crippen LogP contribution in [-0.4, -0.2) is 22.3 Å². The summed E-state index contributed by atoms with van der Waals surface area (Å²) in [5, 5.41) is 5.43. The van der Waals surface area contributed by atoms with Crippen molar-refractivity contribution >= 4 is 55.9 Å². The maximum Gasteiger partial charge on any atom is 0.446 e. The fourth-order valence-corrected chi connectivity index (χ4v) is 3.86. The van der Waals surface area contributed by atoms with Gasteiger partial charge in [0.05, 0.1) is 15.8 Å². The van der Waals surface area contributed by atoms with Crippen LogP contribution in [0.3, 0.4) is 0 Å². The predicted molar refractivity (Wildman–Crippen MR) is 100 cm³/mol. The van der Waals surface area contributed by atoms with Crippen LogP contribution in [0.15, 0.2) is 47.4 Å². The molecule has 0 unspecified atom stereocenters. The van der Waals surface area contributed by atoms with Gasteiger partial charge >= 0.3 is 5.51 Å². The van der Waals surface area contributed by atoms with Crippen molar-refractivity contribution in [2.75, 3.05) is 10.6 Å². The lowest BCUT2D eigenvalue weighted by molar-refractivity contribution is -0.114. The number of alkyl halides is 3. The van der Waals surface area contributed by atoms with E-state index in [9.17, 15) is 22.8 Å². The molecule has 0 aliphatic carbocycles. The Morgan fingerprint density at radius 3 is 2.56 bits per heavy atom. The molecule has 0 radical (unpaired) electrons. The summed E-state index contributed by atoms with van der Waals surface area (Å²) in [6, 6.07) is 10.6. The fourth-order valence-electron chi connectivity index (χ4n) is 2.29. The van der Waals surface area contributed by atoms with E-state index in [0.29, 0.717) is 11.2 Å². The van der Waals surface area contributed by atoms with Gasteiger partial charge in [0.2, 0.25) is 5.91 Å². The highest BCUT2D eigenvalue weighted by Gasteiger charge is 2.31. The number of carbonyl (C=O) groups is 2. The van der Waals surface area contributed by atoms with Crippen molar-refractivity contribution in [1.82, 2.24) is 4.98 Å². The van der Waals surface area contributed by atoms with Gasteiger partial charge < -0.3 is 5.32 Å². The van der Waals surface area contributed by atoms with Crippen LogP contribution >= 0.6 is 23.1 Å². The van der Waals surface area contributed by atoms with Gasteiger partial charge in [-0.3, -0.25) is 14.9 Å². The molecule has 27 heavy (non-hydrogen) atoms. The second-order valence-corrected chi connectivity index (χ2v) is 7.52. The number of aromatic nitrogens is 1. The van der Waals surface area contributed by atoms with Crippen LogP contribution in [0.1, 0.15) is 17.3 Å². The SMILES string of the molecule is CC(=O)Nc1ccc2nc(NC(=O)c3ccccc3SC(F)(F)F)sc2c1. The number of halogens is 3. The smallest absolute Gasteiger partial charge is 0.326 e. The molecule has 0 aliphatic heterocycles. The van der Waals surface area contributed by atoms with Crippen molar-refractivity contribution in [2.45, 2.75) is 17.3 Å². The predicted octanol–water partition coefficient (Wildman–Crippen LogP) is 5.12. The molecule has 0 aliphatic rings. The molecule has 3 rings (SSSR count). The molecule has 140 valence electrons. The number of carbonyl (C=O) groups excluding carboxylic acids is 2. The van der Waals surface area contributed by atoms with E-state index in [1.54, 1.807) is 18.2 Å². The second kappa shape index (κ2) is 7.57. The van der Waals surface area contributed by atoms with Gasteiger partial charge in [-0.1, -0.05) is 23.5 Å². The van der Waals surface area contributed by atoms with Crippen LogP contribution in [0.25, 0.3) is 10.2 Å². The van der Waals surface area contributed by atoms with Crippen LogP contribution < -0.4 is 10.6 Å². The first-order valence-corrected chi connectivity index (χ1v) is 9.19. The van der Waals surface area contributed by atoms with E-state index < -0.39 is 11.4 Å². The Bertz CT molecular complexity index is 1020. The van der Waals surface area contributed by atoms with Crippen LogP contribution in [0.5, 0.6) is 0 Å². The molecule has 2 aromatic carbocycles. The lowest BCUT2D eigenvalue weighted by atomic mass is 10.2. The van der Waals surface area contributed by atoms with Gasteiger partial charge in [0, 0.05) is 17.5 Å². The lowest BCUT2D eigenvalue weighted by Gasteiger charge is -2.10. The van der Waals surface area contributed by atoms with Crippen molar-refractivity contribution in [3.05, 3.63) is 48.0 Å². The number of anilines is 2. The Hall–Kier alpha value is -2.59. The Kier molecular flexibility index (Phi) is 5.38. The van der Waals surface area contributed by atoms with Crippen molar-refractivity contribution in [2.24, 2.45) is 0 Å². The first-order chi connectivity index (χ1) is 12.7. The minimum atomic E-state index is -4.49. The summed E-state index contributed by atoms with van der Waals surface area (Å²) in [7, 11) is 0. The van der Waals surface area contributed by atoms with E-state index in [-0.39, 0.29) is 33.3 Å². The first kappa shape index (κ1) is 19.2. The third-order valence-electron chi connectivity index (χ3n) is 3.29. The van der Waals surface area contributed by atoms with Crippen LogP contribution in [0.2, 0.25) is 0 Å².